The zero-order valence-corrected chi connectivity index (χ0v) is 12.7. The molecule has 0 saturated heterocycles. The number of nitrogens with one attached hydrogen (secondary N) is 1. The number of carbonyl (C=O) groups is 1. The van der Waals surface area contributed by atoms with Crippen LogP contribution in [0, 0.1) is 5.92 Å². The summed E-state index contributed by atoms with van der Waals surface area (Å²) in [5.41, 5.74) is 7.74. The van der Waals surface area contributed by atoms with Gasteiger partial charge in [-0.1, -0.05) is 26.3 Å². The van der Waals surface area contributed by atoms with Gasteiger partial charge in [-0.25, -0.2) is 0 Å². The first kappa shape index (κ1) is 16.6. The second kappa shape index (κ2) is 9.48. The first-order valence-electron chi connectivity index (χ1n) is 7.60. The maximum Gasteiger partial charge on any atom is 0.220 e. The van der Waals surface area contributed by atoms with Gasteiger partial charge in [0.1, 0.15) is 0 Å². The highest BCUT2D eigenvalue weighted by Crippen LogP contribution is 2.14. The Morgan fingerprint density at radius 1 is 1.40 bits per heavy atom. The summed E-state index contributed by atoms with van der Waals surface area (Å²) in [4.78, 5) is 16.2. The van der Waals surface area contributed by atoms with Gasteiger partial charge in [-0.2, -0.15) is 0 Å². The number of aromatic nitrogens is 1. The van der Waals surface area contributed by atoms with Gasteiger partial charge in [-0.15, -0.1) is 0 Å². The Morgan fingerprint density at radius 3 is 2.85 bits per heavy atom. The third-order valence-corrected chi connectivity index (χ3v) is 3.75. The summed E-state index contributed by atoms with van der Waals surface area (Å²) < 4.78 is 0. The van der Waals surface area contributed by atoms with Gasteiger partial charge in [0, 0.05) is 12.6 Å². The smallest absolute Gasteiger partial charge is 0.220 e. The van der Waals surface area contributed by atoms with E-state index in [0.717, 1.165) is 31.4 Å². The van der Waals surface area contributed by atoms with Crippen LogP contribution in [0.4, 0.5) is 0 Å². The predicted molar refractivity (Wildman–Crippen MR) is 82.1 cm³/mol. The molecule has 0 aromatic carbocycles. The number of rotatable bonds is 9. The molecular weight excluding hydrogens is 250 g/mol. The molecule has 4 heteroatoms. The van der Waals surface area contributed by atoms with E-state index in [1.165, 1.54) is 5.56 Å². The maximum atomic E-state index is 11.9. The van der Waals surface area contributed by atoms with Gasteiger partial charge in [0.25, 0.3) is 0 Å². The minimum absolute atomic E-state index is 0.105. The van der Waals surface area contributed by atoms with Crippen LogP contribution in [0.2, 0.25) is 0 Å². The predicted octanol–water partition coefficient (Wildman–Crippen LogP) is 2.42. The highest BCUT2D eigenvalue weighted by Gasteiger charge is 2.09. The lowest BCUT2D eigenvalue weighted by molar-refractivity contribution is -0.121. The largest absolute Gasteiger partial charge is 0.350 e. The number of nitrogens with zero attached hydrogens (tertiary/aromatic N) is 1. The van der Waals surface area contributed by atoms with Crippen LogP contribution >= 0.6 is 0 Å². The molecule has 1 amide bonds. The van der Waals surface area contributed by atoms with Crippen LogP contribution in [0.25, 0.3) is 0 Å². The highest BCUT2D eigenvalue weighted by atomic mass is 16.1. The van der Waals surface area contributed by atoms with Gasteiger partial charge in [0.15, 0.2) is 0 Å². The molecule has 0 radical (unpaired) electrons. The van der Waals surface area contributed by atoms with Gasteiger partial charge in [0.05, 0.1) is 12.2 Å². The Kier molecular flexibility index (Phi) is 7.88. The average Bonchev–Trinajstić information content (AvgIpc) is 2.49. The maximum absolute atomic E-state index is 11.9. The molecule has 20 heavy (non-hydrogen) atoms. The molecule has 0 spiro atoms. The number of hydrogen-bond acceptors (Lipinski definition) is 3. The minimum atomic E-state index is 0.105. The zero-order chi connectivity index (χ0) is 14.8. The van der Waals surface area contributed by atoms with Crippen LogP contribution in [0.3, 0.4) is 0 Å². The van der Waals surface area contributed by atoms with Crippen LogP contribution < -0.4 is 11.1 Å². The number of carbonyl (C=O) groups excluding carboxylic acids is 1. The Bertz CT molecular complexity index is 406. The van der Waals surface area contributed by atoms with Crippen molar-refractivity contribution in [3.63, 3.8) is 0 Å². The fraction of sp³-hybridized carbons (Fsp3) is 0.625. The quantitative estimate of drug-likeness (QED) is 0.728. The summed E-state index contributed by atoms with van der Waals surface area (Å²) in [6.07, 6.45) is 6.30. The van der Waals surface area contributed by atoms with Crippen molar-refractivity contribution in [1.82, 2.24) is 10.3 Å². The molecule has 3 N–H and O–H groups in total. The van der Waals surface area contributed by atoms with Gasteiger partial charge in [-0.05, 0) is 43.4 Å². The van der Waals surface area contributed by atoms with Crippen molar-refractivity contribution in [1.29, 1.82) is 0 Å². The topological polar surface area (TPSA) is 68.0 Å². The first-order valence-corrected chi connectivity index (χ1v) is 7.60. The lowest BCUT2D eigenvalue weighted by atomic mass is 9.96. The van der Waals surface area contributed by atoms with Crippen LogP contribution in [0.5, 0.6) is 0 Å². The molecule has 1 rings (SSSR count). The van der Waals surface area contributed by atoms with E-state index in [1.54, 1.807) is 6.20 Å². The number of aryl methyl sites for hydroxylation is 1. The van der Waals surface area contributed by atoms with Crippen molar-refractivity contribution in [2.45, 2.75) is 52.5 Å². The Balaban J connectivity index is 2.36. The molecule has 0 bridgehead atoms. The number of nitrogens with two attached hydrogens (primary N) is 1. The zero-order valence-electron chi connectivity index (χ0n) is 12.7. The third kappa shape index (κ3) is 5.70. The van der Waals surface area contributed by atoms with Crippen molar-refractivity contribution in [3.8, 4) is 0 Å². The van der Waals surface area contributed by atoms with E-state index in [2.05, 4.69) is 30.2 Å². The Labute approximate surface area is 122 Å². The monoisotopic (exact) mass is 277 g/mol. The number of amides is 1. The van der Waals surface area contributed by atoms with E-state index in [0.29, 0.717) is 25.4 Å². The third-order valence-electron chi connectivity index (χ3n) is 3.75. The van der Waals surface area contributed by atoms with E-state index < -0.39 is 0 Å². The summed E-state index contributed by atoms with van der Waals surface area (Å²) >= 11 is 0. The Hall–Kier alpha value is -1.42. The lowest BCUT2D eigenvalue weighted by Gasteiger charge is -2.13. The van der Waals surface area contributed by atoms with Gasteiger partial charge >= 0.3 is 0 Å². The normalized spacial score (nSPS) is 12.2. The van der Waals surface area contributed by atoms with Crippen LogP contribution in [0.1, 0.15) is 50.8 Å². The Morgan fingerprint density at radius 2 is 2.20 bits per heavy atom. The molecular formula is C16H27N3O. The van der Waals surface area contributed by atoms with Crippen LogP contribution in [-0.4, -0.2) is 17.4 Å². The number of hydrogen-bond donors (Lipinski definition) is 2. The summed E-state index contributed by atoms with van der Waals surface area (Å²) in [7, 11) is 0. The molecule has 1 aromatic heterocycles. The summed E-state index contributed by atoms with van der Waals surface area (Å²) in [5, 5.41) is 2.96. The first-order chi connectivity index (χ1) is 9.71. The second-order valence-corrected chi connectivity index (χ2v) is 5.13. The van der Waals surface area contributed by atoms with Crippen molar-refractivity contribution in [3.05, 3.63) is 29.6 Å². The summed E-state index contributed by atoms with van der Waals surface area (Å²) in [6, 6.07) is 3.99. The lowest BCUT2D eigenvalue weighted by Crippen LogP contribution is -2.24. The molecule has 4 nitrogen and oxygen atoms in total. The fourth-order valence-electron chi connectivity index (χ4n) is 2.35. The van der Waals surface area contributed by atoms with Crippen molar-refractivity contribution in [2.24, 2.45) is 11.7 Å². The minimum Gasteiger partial charge on any atom is -0.350 e. The SMILES string of the molecule is CCc1cccnc1CNC(=O)CCC(CC)CCN. The van der Waals surface area contributed by atoms with Crippen molar-refractivity contribution in [2.75, 3.05) is 6.54 Å². The fourth-order valence-corrected chi connectivity index (χ4v) is 2.35. The molecule has 1 heterocycles. The van der Waals surface area contributed by atoms with Gasteiger partial charge in [0.2, 0.25) is 5.91 Å². The molecule has 112 valence electrons. The molecule has 0 saturated carbocycles. The molecule has 0 fully saturated rings. The van der Waals surface area contributed by atoms with E-state index >= 15 is 0 Å². The summed E-state index contributed by atoms with van der Waals surface area (Å²) in [5.74, 6) is 0.667. The number of pyridine rings is 1. The van der Waals surface area contributed by atoms with Gasteiger partial charge in [-0.3, -0.25) is 9.78 Å². The molecule has 0 aliphatic heterocycles. The van der Waals surface area contributed by atoms with Crippen LogP contribution in [-0.2, 0) is 17.8 Å². The molecule has 1 atom stereocenters. The molecule has 1 unspecified atom stereocenters. The highest BCUT2D eigenvalue weighted by molar-refractivity contribution is 5.75. The van der Waals surface area contributed by atoms with Crippen molar-refractivity contribution < 1.29 is 4.79 Å². The van der Waals surface area contributed by atoms with E-state index in [9.17, 15) is 4.79 Å². The van der Waals surface area contributed by atoms with E-state index in [1.807, 2.05) is 6.07 Å². The summed E-state index contributed by atoms with van der Waals surface area (Å²) in [6.45, 7) is 5.48. The van der Waals surface area contributed by atoms with Crippen molar-refractivity contribution >= 4 is 5.91 Å². The standard InChI is InChI=1S/C16H27N3O/c1-3-13(9-10-17)7-8-16(20)19-12-15-14(4-2)6-5-11-18-15/h5-6,11,13H,3-4,7-10,12,17H2,1-2H3,(H,19,20). The second-order valence-electron chi connectivity index (χ2n) is 5.13. The van der Waals surface area contributed by atoms with E-state index in [4.69, 9.17) is 5.73 Å². The van der Waals surface area contributed by atoms with E-state index in [-0.39, 0.29) is 5.91 Å². The molecule has 1 aromatic rings. The molecule has 0 aliphatic rings. The average molecular weight is 277 g/mol. The van der Waals surface area contributed by atoms with Gasteiger partial charge < -0.3 is 11.1 Å². The molecule has 0 aliphatic carbocycles. The van der Waals surface area contributed by atoms with Crippen LogP contribution in [0.15, 0.2) is 18.3 Å².